The van der Waals surface area contributed by atoms with E-state index in [9.17, 15) is 14.4 Å². The second-order valence-corrected chi connectivity index (χ2v) is 8.02. The van der Waals surface area contributed by atoms with E-state index in [2.05, 4.69) is 5.32 Å². The molecule has 32 heavy (non-hydrogen) atoms. The number of amides is 3. The number of thioether (sulfide) groups is 1. The Bertz CT molecular complexity index is 1150. The van der Waals surface area contributed by atoms with E-state index in [-0.39, 0.29) is 11.4 Å². The summed E-state index contributed by atoms with van der Waals surface area (Å²) < 4.78 is 5.77. The Morgan fingerprint density at radius 2 is 1.56 bits per heavy atom. The Hall–Kier alpha value is -3.84. The van der Waals surface area contributed by atoms with E-state index in [4.69, 9.17) is 4.74 Å². The van der Waals surface area contributed by atoms with Crippen molar-refractivity contribution in [2.24, 2.45) is 0 Å². The van der Waals surface area contributed by atoms with Crippen LogP contribution in [0.4, 0.5) is 10.5 Å². The lowest BCUT2D eigenvalue weighted by atomic mass is 10.2. The third-order valence-electron chi connectivity index (χ3n) is 4.66. The maximum atomic E-state index is 12.6. The van der Waals surface area contributed by atoms with Gasteiger partial charge in [0.05, 0.1) is 4.91 Å². The van der Waals surface area contributed by atoms with Crippen molar-refractivity contribution >= 4 is 40.6 Å². The van der Waals surface area contributed by atoms with Crippen molar-refractivity contribution in [2.75, 3.05) is 11.9 Å². The van der Waals surface area contributed by atoms with Gasteiger partial charge in [0.2, 0.25) is 5.91 Å². The zero-order valence-electron chi connectivity index (χ0n) is 17.1. The fourth-order valence-electron chi connectivity index (χ4n) is 3.05. The molecule has 0 radical (unpaired) electrons. The van der Waals surface area contributed by atoms with Gasteiger partial charge in [-0.3, -0.25) is 19.3 Å². The summed E-state index contributed by atoms with van der Waals surface area (Å²) in [5.74, 6) is -0.205. The minimum Gasteiger partial charge on any atom is -0.489 e. The van der Waals surface area contributed by atoms with Gasteiger partial charge >= 0.3 is 0 Å². The predicted molar refractivity (Wildman–Crippen MR) is 125 cm³/mol. The number of imide groups is 1. The number of carbonyl (C=O) groups is 3. The van der Waals surface area contributed by atoms with Crippen LogP contribution in [0.15, 0.2) is 89.8 Å². The lowest BCUT2D eigenvalue weighted by Gasteiger charge is -2.12. The van der Waals surface area contributed by atoms with Gasteiger partial charge in [0.1, 0.15) is 18.9 Å². The first-order valence-corrected chi connectivity index (χ1v) is 10.8. The van der Waals surface area contributed by atoms with Crippen LogP contribution in [0.2, 0.25) is 0 Å². The predicted octanol–water partition coefficient (Wildman–Crippen LogP) is 4.94. The van der Waals surface area contributed by atoms with Crippen LogP contribution in [-0.4, -0.2) is 28.5 Å². The fraction of sp³-hybridized carbons (Fsp3) is 0.0800. The molecule has 1 N–H and O–H groups in total. The van der Waals surface area contributed by atoms with E-state index in [1.165, 1.54) is 0 Å². The van der Waals surface area contributed by atoms with Gasteiger partial charge in [-0.05, 0) is 53.2 Å². The van der Waals surface area contributed by atoms with E-state index in [1.54, 1.807) is 30.3 Å². The summed E-state index contributed by atoms with van der Waals surface area (Å²) in [6.07, 6.45) is 1.64. The van der Waals surface area contributed by atoms with Crippen molar-refractivity contribution < 1.29 is 19.1 Å². The van der Waals surface area contributed by atoms with Gasteiger partial charge < -0.3 is 10.1 Å². The number of anilines is 1. The van der Waals surface area contributed by atoms with Crippen molar-refractivity contribution in [3.05, 3.63) is 101 Å². The molecule has 1 aliphatic rings. The Kier molecular flexibility index (Phi) is 6.67. The average molecular weight is 445 g/mol. The van der Waals surface area contributed by atoms with Crippen LogP contribution in [0.3, 0.4) is 0 Å². The summed E-state index contributed by atoms with van der Waals surface area (Å²) in [6, 6.07) is 26.0. The highest BCUT2D eigenvalue weighted by Crippen LogP contribution is 2.32. The largest absolute Gasteiger partial charge is 0.489 e. The minimum absolute atomic E-state index is 0.278. The zero-order valence-corrected chi connectivity index (χ0v) is 17.9. The third kappa shape index (κ3) is 5.44. The molecule has 1 heterocycles. The molecule has 3 aromatic rings. The minimum atomic E-state index is -0.479. The molecule has 4 rings (SSSR count). The van der Waals surface area contributed by atoms with Crippen molar-refractivity contribution in [3.8, 4) is 5.75 Å². The molecule has 0 spiro atoms. The molecule has 0 unspecified atom stereocenters. The molecule has 6 nitrogen and oxygen atoms in total. The first-order chi connectivity index (χ1) is 15.6. The number of hydrogen-bond donors (Lipinski definition) is 1. The molecule has 0 bridgehead atoms. The summed E-state index contributed by atoms with van der Waals surface area (Å²) in [5.41, 5.74) is 2.44. The average Bonchev–Trinajstić information content (AvgIpc) is 3.07. The molecule has 1 aliphatic heterocycles. The van der Waals surface area contributed by atoms with Crippen molar-refractivity contribution in [1.29, 1.82) is 0 Å². The standard InChI is InChI=1S/C25H20N2O4S/c28-23(26-20-9-5-2-6-10-20)16-27-24(29)22(32-25(27)30)15-18-11-13-21(14-12-18)31-17-19-7-3-1-4-8-19/h1-15H,16-17H2,(H,26,28)/b22-15-. The number of nitrogens with zero attached hydrogens (tertiary/aromatic N) is 1. The van der Waals surface area contributed by atoms with Crippen LogP contribution in [0.25, 0.3) is 6.08 Å². The van der Waals surface area contributed by atoms with E-state index in [0.717, 1.165) is 27.8 Å². The maximum absolute atomic E-state index is 12.6. The van der Waals surface area contributed by atoms with Gasteiger partial charge in [0, 0.05) is 5.69 Å². The Morgan fingerprint density at radius 3 is 2.25 bits per heavy atom. The fourth-order valence-corrected chi connectivity index (χ4v) is 3.89. The van der Waals surface area contributed by atoms with Gasteiger partial charge in [-0.25, -0.2) is 0 Å². The van der Waals surface area contributed by atoms with Crippen LogP contribution in [0.5, 0.6) is 5.75 Å². The molecule has 3 aromatic carbocycles. The molecule has 3 amide bonds. The number of nitrogens with one attached hydrogen (secondary N) is 1. The number of ether oxygens (including phenoxy) is 1. The Morgan fingerprint density at radius 1 is 0.906 bits per heavy atom. The molecule has 0 aliphatic carbocycles. The van der Waals surface area contributed by atoms with Crippen LogP contribution >= 0.6 is 11.8 Å². The summed E-state index contributed by atoms with van der Waals surface area (Å²) in [6.45, 7) is 0.132. The van der Waals surface area contributed by atoms with Gasteiger partial charge in [-0.15, -0.1) is 0 Å². The van der Waals surface area contributed by atoms with Crippen LogP contribution in [0.1, 0.15) is 11.1 Å². The maximum Gasteiger partial charge on any atom is 0.294 e. The lowest BCUT2D eigenvalue weighted by Crippen LogP contribution is -2.36. The second-order valence-electron chi connectivity index (χ2n) is 7.03. The van der Waals surface area contributed by atoms with Gasteiger partial charge in [-0.2, -0.15) is 0 Å². The van der Waals surface area contributed by atoms with Crippen LogP contribution in [0, 0.1) is 0 Å². The van der Waals surface area contributed by atoms with Crippen molar-refractivity contribution in [3.63, 3.8) is 0 Å². The molecule has 0 aromatic heterocycles. The molecular formula is C25H20N2O4S. The number of rotatable bonds is 7. The van der Waals surface area contributed by atoms with Crippen LogP contribution < -0.4 is 10.1 Å². The molecular weight excluding hydrogens is 424 g/mol. The van der Waals surface area contributed by atoms with Gasteiger partial charge in [-0.1, -0.05) is 60.7 Å². The number of para-hydroxylation sites is 1. The number of benzene rings is 3. The highest BCUT2D eigenvalue weighted by Gasteiger charge is 2.36. The summed E-state index contributed by atoms with van der Waals surface area (Å²) >= 11 is 0.824. The van der Waals surface area contributed by atoms with E-state index in [0.29, 0.717) is 18.0 Å². The molecule has 160 valence electrons. The topological polar surface area (TPSA) is 75.7 Å². The highest BCUT2D eigenvalue weighted by molar-refractivity contribution is 8.18. The van der Waals surface area contributed by atoms with E-state index < -0.39 is 17.1 Å². The molecule has 1 fully saturated rings. The Balaban J connectivity index is 1.36. The van der Waals surface area contributed by atoms with Gasteiger partial charge in [0.15, 0.2) is 0 Å². The Labute approximate surface area is 189 Å². The molecule has 0 saturated carbocycles. The quantitative estimate of drug-likeness (QED) is 0.523. The van der Waals surface area contributed by atoms with Gasteiger partial charge in [0.25, 0.3) is 11.1 Å². The first-order valence-electron chi connectivity index (χ1n) is 9.95. The summed E-state index contributed by atoms with van der Waals surface area (Å²) in [4.78, 5) is 38.4. The zero-order chi connectivity index (χ0) is 22.3. The molecule has 7 heteroatoms. The lowest BCUT2D eigenvalue weighted by molar-refractivity contribution is -0.127. The SMILES string of the molecule is O=C(CN1C(=O)S/C(=C\c2ccc(OCc3ccccc3)cc2)C1=O)Nc1ccccc1. The van der Waals surface area contributed by atoms with E-state index >= 15 is 0 Å². The smallest absolute Gasteiger partial charge is 0.294 e. The second kappa shape index (κ2) is 9.98. The third-order valence-corrected chi connectivity index (χ3v) is 5.57. The monoisotopic (exact) mass is 444 g/mol. The normalized spacial score (nSPS) is 14.6. The van der Waals surface area contributed by atoms with Crippen molar-refractivity contribution in [1.82, 2.24) is 4.90 Å². The molecule has 0 atom stereocenters. The molecule has 1 saturated heterocycles. The highest BCUT2D eigenvalue weighted by atomic mass is 32.2. The summed E-state index contributed by atoms with van der Waals surface area (Å²) in [5, 5.41) is 2.21. The van der Waals surface area contributed by atoms with Crippen molar-refractivity contribution in [2.45, 2.75) is 6.61 Å². The van der Waals surface area contributed by atoms with E-state index in [1.807, 2.05) is 60.7 Å². The van der Waals surface area contributed by atoms with Crippen LogP contribution in [-0.2, 0) is 16.2 Å². The number of carbonyl (C=O) groups excluding carboxylic acids is 3. The summed E-state index contributed by atoms with van der Waals surface area (Å²) in [7, 11) is 0. The first kappa shape index (κ1) is 21.4. The number of hydrogen-bond acceptors (Lipinski definition) is 5.